The third-order valence-electron chi connectivity index (χ3n) is 3.61. The number of hydrogen-bond acceptors (Lipinski definition) is 4. The first kappa shape index (κ1) is 15.0. The second-order valence-electron chi connectivity index (χ2n) is 5.44. The van der Waals surface area contributed by atoms with E-state index in [-0.39, 0.29) is 11.8 Å². The van der Waals surface area contributed by atoms with Gasteiger partial charge >= 0.3 is 5.97 Å². The van der Waals surface area contributed by atoms with Gasteiger partial charge in [-0.1, -0.05) is 33.1 Å². The summed E-state index contributed by atoms with van der Waals surface area (Å²) in [5.41, 5.74) is 5.31. The summed E-state index contributed by atoms with van der Waals surface area (Å²) in [7, 11) is 1.32. The van der Waals surface area contributed by atoms with E-state index in [1.165, 1.54) is 7.11 Å². The topological polar surface area (TPSA) is 81.4 Å². The number of carbonyl (C=O) groups excluding carboxylic acids is 2. The molecule has 0 bridgehead atoms. The number of amides is 1. The minimum Gasteiger partial charge on any atom is -0.467 e. The van der Waals surface area contributed by atoms with Crippen molar-refractivity contribution in [2.24, 2.45) is 11.7 Å². The Hall–Kier alpha value is -1.10. The Kier molecular flexibility index (Phi) is 5.14. The number of nitrogens with one attached hydrogen (secondary N) is 1. The molecule has 0 aromatic rings. The number of hydrogen-bond donors (Lipinski definition) is 2. The SMILES string of the molecule is COC(=O)[C@H](NC(=O)C1(N)CCCCC1)C(C)C. The summed E-state index contributed by atoms with van der Waals surface area (Å²) < 4.78 is 4.70. The zero-order chi connectivity index (χ0) is 13.8. The maximum atomic E-state index is 12.2. The highest BCUT2D eigenvalue weighted by Crippen LogP contribution is 2.26. The third-order valence-corrected chi connectivity index (χ3v) is 3.61. The molecule has 0 saturated heterocycles. The van der Waals surface area contributed by atoms with E-state index >= 15 is 0 Å². The standard InChI is InChI=1S/C13H24N2O3/c1-9(2)10(11(16)18-3)15-12(17)13(14)7-5-4-6-8-13/h9-10H,4-8,14H2,1-3H3,(H,15,17)/t10-/m1/s1. The van der Waals surface area contributed by atoms with Gasteiger partial charge in [-0.25, -0.2) is 4.79 Å². The normalized spacial score (nSPS) is 20.3. The van der Waals surface area contributed by atoms with Crippen LogP contribution in [0.15, 0.2) is 0 Å². The smallest absolute Gasteiger partial charge is 0.328 e. The average Bonchev–Trinajstić information content (AvgIpc) is 2.35. The highest BCUT2D eigenvalue weighted by atomic mass is 16.5. The predicted molar refractivity (Wildman–Crippen MR) is 68.8 cm³/mol. The van der Waals surface area contributed by atoms with Crippen LogP contribution in [0.1, 0.15) is 46.0 Å². The molecule has 0 aliphatic heterocycles. The summed E-state index contributed by atoms with van der Waals surface area (Å²) in [6, 6.07) is -0.621. The van der Waals surface area contributed by atoms with Gasteiger partial charge < -0.3 is 15.8 Å². The minimum absolute atomic E-state index is 0.0198. The first-order valence-electron chi connectivity index (χ1n) is 6.58. The van der Waals surface area contributed by atoms with Gasteiger partial charge in [0.25, 0.3) is 0 Å². The molecule has 1 aliphatic rings. The van der Waals surface area contributed by atoms with Crippen molar-refractivity contribution in [3.63, 3.8) is 0 Å². The first-order valence-corrected chi connectivity index (χ1v) is 6.58. The van der Waals surface area contributed by atoms with Crippen LogP contribution >= 0.6 is 0 Å². The number of methoxy groups -OCH3 is 1. The lowest BCUT2D eigenvalue weighted by molar-refractivity contribution is -0.147. The molecule has 1 amide bonds. The van der Waals surface area contributed by atoms with E-state index in [1.54, 1.807) is 0 Å². The summed E-state index contributed by atoms with van der Waals surface area (Å²) in [6.07, 6.45) is 4.43. The van der Waals surface area contributed by atoms with Crippen LogP contribution in [0.4, 0.5) is 0 Å². The van der Waals surface area contributed by atoms with Gasteiger partial charge in [0.2, 0.25) is 5.91 Å². The Bertz CT molecular complexity index is 309. The monoisotopic (exact) mass is 256 g/mol. The molecule has 5 heteroatoms. The Morgan fingerprint density at radius 2 is 1.78 bits per heavy atom. The Balaban J connectivity index is 2.68. The largest absolute Gasteiger partial charge is 0.467 e. The van der Waals surface area contributed by atoms with Crippen molar-refractivity contribution in [3.8, 4) is 0 Å². The van der Waals surface area contributed by atoms with Crippen molar-refractivity contribution in [3.05, 3.63) is 0 Å². The van der Waals surface area contributed by atoms with Gasteiger partial charge in [0.1, 0.15) is 6.04 Å². The fraction of sp³-hybridized carbons (Fsp3) is 0.846. The fourth-order valence-corrected chi connectivity index (χ4v) is 2.32. The minimum atomic E-state index is -0.820. The molecule has 104 valence electrons. The molecule has 0 unspecified atom stereocenters. The second-order valence-corrected chi connectivity index (χ2v) is 5.44. The molecule has 3 N–H and O–H groups in total. The maximum Gasteiger partial charge on any atom is 0.328 e. The van der Waals surface area contributed by atoms with Gasteiger partial charge in [-0.05, 0) is 18.8 Å². The lowest BCUT2D eigenvalue weighted by Crippen LogP contribution is -2.59. The molecule has 1 aliphatic carbocycles. The van der Waals surface area contributed by atoms with Gasteiger partial charge in [0.15, 0.2) is 0 Å². The van der Waals surface area contributed by atoms with Crippen LogP contribution in [0, 0.1) is 5.92 Å². The molecule has 5 nitrogen and oxygen atoms in total. The lowest BCUT2D eigenvalue weighted by Gasteiger charge is -2.33. The summed E-state index contributed by atoms with van der Waals surface area (Å²) in [5, 5.41) is 2.74. The van der Waals surface area contributed by atoms with Gasteiger partial charge in [0, 0.05) is 0 Å². The summed E-state index contributed by atoms with van der Waals surface area (Å²) in [6.45, 7) is 3.73. The van der Waals surface area contributed by atoms with Crippen LogP contribution in [0.2, 0.25) is 0 Å². The molecule has 18 heavy (non-hydrogen) atoms. The van der Waals surface area contributed by atoms with Crippen molar-refractivity contribution in [2.75, 3.05) is 7.11 Å². The highest BCUT2D eigenvalue weighted by molar-refractivity contribution is 5.90. The van der Waals surface area contributed by atoms with Crippen molar-refractivity contribution in [2.45, 2.75) is 57.5 Å². The summed E-state index contributed by atoms with van der Waals surface area (Å²) >= 11 is 0. The first-order chi connectivity index (χ1) is 8.40. The Morgan fingerprint density at radius 1 is 1.22 bits per heavy atom. The molecule has 0 heterocycles. The molecule has 0 spiro atoms. The van der Waals surface area contributed by atoms with E-state index in [9.17, 15) is 9.59 Å². The number of rotatable bonds is 4. The maximum absolute atomic E-state index is 12.2. The average molecular weight is 256 g/mol. The number of carbonyl (C=O) groups is 2. The van der Waals surface area contributed by atoms with Crippen LogP contribution in [0.25, 0.3) is 0 Å². The number of esters is 1. The van der Waals surface area contributed by atoms with E-state index in [0.717, 1.165) is 19.3 Å². The summed E-state index contributed by atoms with van der Waals surface area (Å²) in [4.78, 5) is 23.8. The molecule has 0 radical (unpaired) electrons. The summed E-state index contributed by atoms with van der Waals surface area (Å²) in [5.74, 6) is -0.669. The second kappa shape index (κ2) is 6.18. The zero-order valence-electron chi connectivity index (χ0n) is 11.5. The Labute approximate surface area is 108 Å². The third kappa shape index (κ3) is 3.45. The molecule has 0 aromatic carbocycles. The van der Waals surface area contributed by atoms with Crippen LogP contribution in [-0.4, -0.2) is 30.6 Å². The number of ether oxygens (including phenoxy) is 1. The van der Waals surface area contributed by atoms with Crippen LogP contribution in [0.5, 0.6) is 0 Å². The molecular formula is C13H24N2O3. The number of nitrogens with two attached hydrogens (primary N) is 1. The molecule has 0 aromatic heterocycles. The van der Waals surface area contributed by atoms with Gasteiger partial charge in [-0.3, -0.25) is 4.79 Å². The van der Waals surface area contributed by atoms with E-state index in [2.05, 4.69) is 5.32 Å². The van der Waals surface area contributed by atoms with Crippen LogP contribution in [0.3, 0.4) is 0 Å². The van der Waals surface area contributed by atoms with Crippen molar-refractivity contribution >= 4 is 11.9 Å². The molecule has 1 saturated carbocycles. The lowest BCUT2D eigenvalue weighted by atomic mass is 9.81. The quantitative estimate of drug-likeness (QED) is 0.734. The van der Waals surface area contributed by atoms with E-state index in [1.807, 2.05) is 13.8 Å². The highest BCUT2D eigenvalue weighted by Gasteiger charge is 2.38. The molecular weight excluding hydrogens is 232 g/mol. The van der Waals surface area contributed by atoms with Crippen LogP contribution in [-0.2, 0) is 14.3 Å². The zero-order valence-corrected chi connectivity index (χ0v) is 11.5. The molecule has 1 fully saturated rings. The van der Waals surface area contributed by atoms with E-state index in [0.29, 0.717) is 12.8 Å². The van der Waals surface area contributed by atoms with Gasteiger partial charge in [-0.15, -0.1) is 0 Å². The Morgan fingerprint density at radius 3 is 2.22 bits per heavy atom. The molecule has 1 rings (SSSR count). The predicted octanol–water partition coefficient (Wildman–Crippen LogP) is 0.962. The molecule has 1 atom stereocenters. The van der Waals surface area contributed by atoms with Crippen molar-refractivity contribution in [1.29, 1.82) is 0 Å². The van der Waals surface area contributed by atoms with Crippen LogP contribution < -0.4 is 11.1 Å². The van der Waals surface area contributed by atoms with E-state index in [4.69, 9.17) is 10.5 Å². The fourth-order valence-electron chi connectivity index (χ4n) is 2.32. The van der Waals surface area contributed by atoms with Crippen molar-refractivity contribution in [1.82, 2.24) is 5.32 Å². The van der Waals surface area contributed by atoms with Gasteiger partial charge in [-0.2, -0.15) is 0 Å². The van der Waals surface area contributed by atoms with Crippen molar-refractivity contribution < 1.29 is 14.3 Å². The van der Waals surface area contributed by atoms with E-state index < -0.39 is 17.6 Å². The van der Waals surface area contributed by atoms with Gasteiger partial charge in [0.05, 0.1) is 12.6 Å².